The number of ether oxygens (including phenoxy) is 1. The van der Waals surface area contributed by atoms with Gasteiger partial charge in [-0.25, -0.2) is 4.98 Å². The van der Waals surface area contributed by atoms with Crippen molar-refractivity contribution < 1.29 is 17.9 Å². The van der Waals surface area contributed by atoms with Gasteiger partial charge in [-0.05, 0) is 43.0 Å². The third-order valence-electron chi connectivity index (χ3n) is 4.39. The number of benzene rings is 1. The van der Waals surface area contributed by atoms with E-state index in [1.807, 2.05) is 24.3 Å². The van der Waals surface area contributed by atoms with Crippen LogP contribution < -0.4 is 4.72 Å². The first kappa shape index (κ1) is 19.3. The topological polar surface area (TPSA) is 88.6 Å². The van der Waals surface area contributed by atoms with Gasteiger partial charge in [-0.15, -0.1) is 0 Å². The maximum Gasteiger partial charge on any atom is 0.311 e. The zero-order chi connectivity index (χ0) is 19.3. The minimum atomic E-state index is -3.73. The molecule has 1 N–H and O–H groups in total. The lowest BCUT2D eigenvalue weighted by Crippen LogP contribution is -2.37. The second kappa shape index (κ2) is 8.49. The van der Waals surface area contributed by atoms with Gasteiger partial charge in [0.15, 0.2) is 0 Å². The van der Waals surface area contributed by atoms with Gasteiger partial charge in [-0.3, -0.25) is 9.52 Å². The quantitative estimate of drug-likeness (QED) is 0.763. The van der Waals surface area contributed by atoms with E-state index >= 15 is 0 Å². The SMILES string of the molecule is CCOC(=O)Cc1cccc(NS(=O)(=O)N2CCc3ccccc3CC2)n1. The molecule has 2 aromatic rings. The molecule has 0 saturated heterocycles. The van der Waals surface area contributed by atoms with Crippen molar-refractivity contribution in [3.05, 3.63) is 59.3 Å². The summed E-state index contributed by atoms with van der Waals surface area (Å²) in [6, 6.07) is 12.9. The molecule has 0 fully saturated rings. The van der Waals surface area contributed by atoms with Crippen molar-refractivity contribution in [3.8, 4) is 0 Å². The Morgan fingerprint density at radius 2 is 1.78 bits per heavy atom. The molecule has 0 unspecified atom stereocenters. The molecular weight excluding hydrogens is 366 g/mol. The number of aromatic nitrogens is 1. The van der Waals surface area contributed by atoms with E-state index in [2.05, 4.69) is 9.71 Å². The molecule has 8 heteroatoms. The van der Waals surface area contributed by atoms with Crippen molar-refractivity contribution in [1.82, 2.24) is 9.29 Å². The lowest BCUT2D eigenvalue weighted by molar-refractivity contribution is -0.142. The van der Waals surface area contributed by atoms with Gasteiger partial charge >= 0.3 is 16.2 Å². The minimum Gasteiger partial charge on any atom is -0.466 e. The van der Waals surface area contributed by atoms with E-state index in [1.165, 1.54) is 15.4 Å². The van der Waals surface area contributed by atoms with Crippen molar-refractivity contribution in [1.29, 1.82) is 0 Å². The van der Waals surface area contributed by atoms with E-state index < -0.39 is 16.2 Å². The van der Waals surface area contributed by atoms with Gasteiger partial charge in [0, 0.05) is 13.1 Å². The highest BCUT2D eigenvalue weighted by Crippen LogP contribution is 2.18. The van der Waals surface area contributed by atoms with Crippen LogP contribution in [-0.4, -0.2) is 43.4 Å². The van der Waals surface area contributed by atoms with Crippen LogP contribution in [0.25, 0.3) is 0 Å². The van der Waals surface area contributed by atoms with Crippen LogP contribution in [0.5, 0.6) is 0 Å². The Kier molecular flexibility index (Phi) is 6.08. The van der Waals surface area contributed by atoms with Crippen molar-refractivity contribution in [2.24, 2.45) is 0 Å². The van der Waals surface area contributed by atoms with Crippen molar-refractivity contribution >= 4 is 22.0 Å². The molecule has 1 aliphatic heterocycles. The number of carbonyl (C=O) groups excluding carboxylic acids is 1. The summed E-state index contributed by atoms with van der Waals surface area (Å²) in [5.41, 5.74) is 2.83. The fourth-order valence-corrected chi connectivity index (χ4v) is 4.25. The van der Waals surface area contributed by atoms with Gasteiger partial charge in [0.05, 0.1) is 18.7 Å². The highest BCUT2D eigenvalue weighted by atomic mass is 32.2. The van der Waals surface area contributed by atoms with Crippen LogP contribution in [-0.2, 0) is 39.0 Å². The van der Waals surface area contributed by atoms with E-state index in [0.717, 1.165) is 0 Å². The molecule has 0 radical (unpaired) electrons. The maximum absolute atomic E-state index is 12.8. The van der Waals surface area contributed by atoms with E-state index in [4.69, 9.17) is 4.74 Å². The summed E-state index contributed by atoms with van der Waals surface area (Å²) in [6.45, 7) is 2.85. The van der Waals surface area contributed by atoms with E-state index in [-0.39, 0.29) is 12.2 Å². The van der Waals surface area contributed by atoms with Crippen LogP contribution in [0.4, 0.5) is 5.82 Å². The normalized spacial score (nSPS) is 14.9. The molecule has 1 aliphatic rings. The molecule has 0 saturated carbocycles. The van der Waals surface area contributed by atoms with E-state index in [9.17, 15) is 13.2 Å². The van der Waals surface area contributed by atoms with Crippen LogP contribution in [0, 0.1) is 0 Å². The summed E-state index contributed by atoms with van der Waals surface area (Å²) in [4.78, 5) is 15.8. The number of hydrogen-bond acceptors (Lipinski definition) is 5. The van der Waals surface area contributed by atoms with Crippen molar-refractivity contribution in [2.45, 2.75) is 26.2 Å². The number of pyridine rings is 1. The first-order valence-electron chi connectivity index (χ1n) is 8.94. The summed E-state index contributed by atoms with van der Waals surface area (Å²) in [5.74, 6) is -0.200. The molecule has 144 valence electrons. The van der Waals surface area contributed by atoms with Crippen LogP contribution in [0.1, 0.15) is 23.7 Å². The molecule has 2 heterocycles. The molecule has 0 atom stereocenters. The Morgan fingerprint density at radius 1 is 1.11 bits per heavy atom. The zero-order valence-electron chi connectivity index (χ0n) is 15.2. The molecule has 7 nitrogen and oxygen atoms in total. The predicted molar refractivity (Wildman–Crippen MR) is 103 cm³/mol. The third kappa shape index (κ3) is 5.05. The average Bonchev–Trinajstić information content (AvgIpc) is 2.85. The lowest BCUT2D eigenvalue weighted by atomic mass is 10.0. The number of carbonyl (C=O) groups is 1. The maximum atomic E-state index is 12.8. The van der Waals surface area contributed by atoms with Gasteiger partial charge in [-0.1, -0.05) is 30.3 Å². The second-order valence-electron chi connectivity index (χ2n) is 6.27. The average molecular weight is 389 g/mol. The Balaban J connectivity index is 1.69. The smallest absolute Gasteiger partial charge is 0.311 e. The van der Waals surface area contributed by atoms with Crippen LogP contribution in [0.3, 0.4) is 0 Å². The Hall–Kier alpha value is -2.45. The van der Waals surface area contributed by atoms with Gasteiger partial charge in [0.2, 0.25) is 0 Å². The first-order valence-corrected chi connectivity index (χ1v) is 10.4. The summed E-state index contributed by atoms with van der Waals surface area (Å²) in [7, 11) is -3.73. The highest BCUT2D eigenvalue weighted by Gasteiger charge is 2.25. The van der Waals surface area contributed by atoms with Gasteiger partial charge in [0.25, 0.3) is 0 Å². The van der Waals surface area contributed by atoms with Crippen molar-refractivity contribution in [2.75, 3.05) is 24.4 Å². The van der Waals surface area contributed by atoms with Crippen LogP contribution in [0.15, 0.2) is 42.5 Å². The van der Waals surface area contributed by atoms with E-state index in [1.54, 1.807) is 25.1 Å². The molecule has 3 rings (SSSR count). The summed E-state index contributed by atoms with van der Waals surface area (Å²) < 4.78 is 34.4. The highest BCUT2D eigenvalue weighted by molar-refractivity contribution is 7.90. The fraction of sp³-hybridized carbons (Fsp3) is 0.368. The Bertz CT molecular complexity index is 888. The number of esters is 1. The molecule has 0 amide bonds. The fourth-order valence-electron chi connectivity index (χ4n) is 3.08. The Morgan fingerprint density at radius 3 is 2.41 bits per heavy atom. The van der Waals surface area contributed by atoms with Crippen LogP contribution >= 0.6 is 0 Å². The van der Waals surface area contributed by atoms with Gasteiger partial charge < -0.3 is 4.74 Å². The van der Waals surface area contributed by atoms with E-state index in [0.29, 0.717) is 38.2 Å². The molecule has 1 aromatic heterocycles. The predicted octanol–water partition coefficient (Wildman–Crippen LogP) is 1.94. The minimum absolute atomic E-state index is 0.00241. The number of nitrogens with one attached hydrogen (secondary N) is 1. The standard InChI is InChI=1S/C19H23N3O4S/c1-2-26-19(23)14-17-8-5-9-18(20-17)21-27(24,25)22-12-10-15-6-3-4-7-16(15)11-13-22/h3-9H,2,10-14H2,1H3,(H,20,21). The number of nitrogens with zero attached hydrogens (tertiary/aromatic N) is 2. The summed E-state index contributed by atoms with van der Waals surface area (Å²) in [5, 5.41) is 0. The largest absolute Gasteiger partial charge is 0.466 e. The molecular formula is C19H23N3O4S. The number of anilines is 1. The summed E-state index contributed by atoms with van der Waals surface area (Å²) in [6.07, 6.45) is 1.35. The van der Waals surface area contributed by atoms with Gasteiger partial charge in [-0.2, -0.15) is 12.7 Å². The number of rotatable bonds is 6. The molecule has 0 bridgehead atoms. The van der Waals surface area contributed by atoms with Crippen molar-refractivity contribution in [3.63, 3.8) is 0 Å². The van der Waals surface area contributed by atoms with Crippen LogP contribution in [0.2, 0.25) is 0 Å². The number of fused-ring (bicyclic) bond motifs is 1. The second-order valence-corrected chi connectivity index (χ2v) is 7.94. The Labute approximate surface area is 159 Å². The molecule has 0 spiro atoms. The first-order chi connectivity index (χ1) is 13.0. The third-order valence-corrected chi connectivity index (χ3v) is 5.90. The molecule has 1 aromatic carbocycles. The zero-order valence-corrected chi connectivity index (χ0v) is 16.0. The van der Waals surface area contributed by atoms with Gasteiger partial charge in [0.1, 0.15) is 5.82 Å². The molecule has 0 aliphatic carbocycles. The lowest BCUT2D eigenvalue weighted by Gasteiger charge is -2.20. The number of hydrogen-bond donors (Lipinski definition) is 1. The summed E-state index contributed by atoms with van der Waals surface area (Å²) >= 11 is 0. The monoisotopic (exact) mass is 389 g/mol. The molecule has 27 heavy (non-hydrogen) atoms.